The van der Waals surface area contributed by atoms with Crippen LogP contribution in [0.2, 0.25) is 0 Å². The molecule has 0 bridgehead atoms. The molecule has 0 saturated carbocycles. The first kappa shape index (κ1) is 12.3. The first-order valence-corrected chi connectivity index (χ1v) is 5.68. The van der Waals surface area contributed by atoms with Gasteiger partial charge in [0.1, 0.15) is 0 Å². The molecule has 1 amide bonds. The summed E-state index contributed by atoms with van der Waals surface area (Å²) in [6, 6.07) is 0. The van der Waals surface area contributed by atoms with E-state index in [2.05, 4.69) is 4.74 Å². The SMILES string of the molecule is CC1=CC(=O)C(CCOC(N)=O)=C(N2CC2)C1=O. The Bertz CT molecular complexity index is 486. The first-order chi connectivity index (χ1) is 8.50. The van der Waals surface area contributed by atoms with Crippen molar-refractivity contribution in [2.24, 2.45) is 5.73 Å². The normalized spacial score (nSPS) is 18.9. The predicted octanol–water partition coefficient (Wildman–Crippen LogP) is 0.140. The van der Waals surface area contributed by atoms with Crippen molar-refractivity contribution in [2.75, 3.05) is 19.7 Å². The summed E-state index contributed by atoms with van der Waals surface area (Å²) < 4.78 is 4.61. The van der Waals surface area contributed by atoms with Crippen LogP contribution in [0.3, 0.4) is 0 Å². The summed E-state index contributed by atoms with van der Waals surface area (Å²) in [4.78, 5) is 36.2. The molecule has 0 aromatic rings. The average Bonchev–Trinajstić information content (AvgIpc) is 3.09. The number of amides is 1. The highest BCUT2D eigenvalue weighted by molar-refractivity contribution is 6.22. The molecule has 0 atom stereocenters. The summed E-state index contributed by atoms with van der Waals surface area (Å²) in [5.41, 5.74) is 6.15. The quantitative estimate of drug-likeness (QED) is 0.566. The van der Waals surface area contributed by atoms with Gasteiger partial charge in [-0.1, -0.05) is 0 Å². The molecule has 6 nitrogen and oxygen atoms in total. The molecular formula is C12H14N2O4. The van der Waals surface area contributed by atoms with Crippen LogP contribution >= 0.6 is 0 Å². The molecule has 1 fully saturated rings. The number of carbonyl (C=O) groups excluding carboxylic acids is 3. The molecule has 2 N–H and O–H groups in total. The van der Waals surface area contributed by atoms with Gasteiger partial charge in [0.15, 0.2) is 5.78 Å². The van der Waals surface area contributed by atoms with Gasteiger partial charge >= 0.3 is 6.09 Å². The average molecular weight is 250 g/mol. The lowest BCUT2D eigenvalue weighted by Gasteiger charge is -2.18. The predicted molar refractivity (Wildman–Crippen MR) is 62.5 cm³/mol. The molecule has 96 valence electrons. The van der Waals surface area contributed by atoms with Crippen LogP contribution in [0.4, 0.5) is 4.79 Å². The van der Waals surface area contributed by atoms with Crippen molar-refractivity contribution in [3.63, 3.8) is 0 Å². The summed E-state index contributed by atoms with van der Waals surface area (Å²) in [6.07, 6.45) is 0.656. The van der Waals surface area contributed by atoms with Crippen LogP contribution in [-0.4, -0.2) is 42.3 Å². The van der Waals surface area contributed by atoms with Gasteiger partial charge in [0, 0.05) is 30.7 Å². The fourth-order valence-electron chi connectivity index (χ4n) is 1.89. The molecule has 0 unspecified atom stereocenters. The number of ketones is 2. The summed E-state index contributed by atoms with van der Waals surface area (Å²) in [7, 11) is 0. The van der Waals surface area contributed by atoms with Crippen molar-refractivity contribution in [3.05, 3.63) is 22.9 Å². The Balaban J connectivity index is 2.18. The van der Waals surface area contributed by atoms with Gasteiger partial charge in [-0.05, 0) is 13.0 Å². The van der Waals surface area contributed by atoms with Gasteiger partial charge in [-0.15, -0.1) is 0 Å². The second-order valence-corrected chi connectivity index (χ2v) is 4.25. The Morgan fingerprint density at radius 1 is 1.44 bits per heavy atom. The van der Waals surface area contributed by atoms with Crippen LogP contribution < -0.4 is 5.73 Å². The molecule has 0 radical (unpaired) electrons. The second kappa shape index (κ2) is 4.64. The van der Waals surface area contributed by atoms with Gasteiger partial charge in [0.2, 0.25) is 5.78 Å². The largest absolute Gasteiger partial charge is 0.449 e. The zero-order valence-corrected chi connectivity index (χ0v) is 10.1. The van der Waals surface area contributed by atoms with Gasteiger partial charge < -0.3 is 15.4 Å². The monoisotopic (exact) mass is 250 g/mol. The molecule has 0 aromatic heterocycles. The summed E-state index contributed by atoms with van der Waals surface area (Å²) in [5, 5.41) is 0. The Labute approximate surface area is 104 Å². The highest BCUT2D eigenvalue weighted by atomic mass is 16.5. The third-order valence-electron chi connectivity index (χ3n) is 2.86. The van der Waals surface area contributed by atoms with E-state index in [1.807, 2.05) is 4.90 Å². The van der Waals surface area contributed by atoms with Gasteiger partial charge in [-0.2, -0.15) is 0 Å². The van der Waals surface area contributed by atoms with Crippen LogP contribution in [0.1, 0.15) is 13.3 Å². The van der Waals surface area contributed by atoms with Crippen LogP contribution in [0.5, 0.6) is 0 Å². The van der Waals surface area contributed by atoms with Crippen LogP contribution in [0.25, 0.3) is 0 Å². The summed E-state index contributed by atoms with van der Waals surface area (Å²) in [6.45, 7) is 3.19. The highest BCUT2D eigenvalue weighted by Gasteiger charge is 2.34. The third-order valence-corrected chi connectivity index (χ3v) is 2.86. The zero-order valence-electron chi connectivity index (χ0n) is 10.1. The van der Waals surface area contributed by atoms with Gasteiger partial charge in [-0.3, -0.25) is 9.59 Å². The van der Waals surface area contributed by atoms with E-state index < -0.39 is 6.09 Å². The highest BCUT2D eigenvalue weighted by Crippen LogP contribution is 2.28. The number of hydrogen-bond donors (Lipinski definition) is 1. The number of ether oxygens (including phenoxy) is 1. The van der Waals surface area contributed by atoms with Crippen molar-refractivity contribution in [1.82, 2.24) is 4.90 Å². The smallest absolute Gasteiger partial charge is 0.404 e. The van der Waals surface area contributed by atoms with Crippen molar-refractivity contribution in [3.8, 4) is 0 Å². The fourth-order valence-corrected chi connectivity index (χ4v) is 1.89. The topological polar surface area (TPSA) is 89.5 Å². The molecule has 6 heteroatoms. The van der Waals surface area contributed by atoms with Gasteiger partial charge in [0.05, 0.1) is 12.3 Å². The summed E-state index contributed by atoms with van der Waals surface area (Å²) >= 11 is 0. The number of carbonyl (C=O) groups is 3. The maximum atomic E-state index is 12.0. The lowest BCUT2D eigenvalue weighted by Crippen LogP contribution is -2.24. The summed E-state index contributed by atoms with van der Waals surface area (Å²) in [5.74, 6) is -0.316. The number of primary amides is 1. The van der Waals surface area contributed by atoms with Gasteiger partial charge in [0.25, 0.3) is 0 Å². The minimum absolute atomic E-state index is 0.00785. The number of nitrogens with two attached hydrogens (primary N) is 1. The lowest BCUT2D eigenvalue weighted by atomic mass is 9.93. The number of Topliss-reactive ketones (excluding diaryl/α,β-unsaturated/α-hetero) is 1. The Kier molecular flexibility index (Phi) is 3.18. The van der Waals surface area contributed by atoms with Crippen molar-refractivity contribution < 1.29 is 19.1 Å². The number of hydrogen-bond acceptors (Lipinski definition) is 5. The second-order valence-electron chi connectivity index (χ2n) is 4.25. The molecule has 1 saturated heterocycles. The fraction of sp³-hybridized carbons (Fsp3) is 0.417. The van der Waals surface area contributed by atoms with E-state index in [1.54, 1.807) is 6.92 Å². The lowest BCUT2D eigenvalue weighted by molar-refractivity contribution is -0.116. The molecule has 2 aliphatic rings. The van der Waals surface area contributed by atoms with Crippen LogP contribution in [0, 0.1) is 0 Å². The Morgan fingerprint density at radius 2 is 2.11 bits per heavy atom. The Morgan fingerprint density at radius 3 is 2.67 bits per heavy atom. The zero-order chi connectivity index (χ0) is 13.3. The van der Waals surface area contributed by atoms with E-state index in [-0.39, 0.29) is 24.6 Å². The van der Waals surface area contributed by atoms with E-state index in [1.165, 1.54) is 6.08 Å². The molecule has 1 aliphatic carbocycles. The molecule has 0 spiro atoms. The van der Waals surface area contributed by atoms with E-state index in [4.69, 9.17) is 5.73 Å². The maximum absolute atomic E-state index is 12.0. The van der Waals surface area contributed by atoms with E-state index in [0.717, 1.165) is 13.1 Å². The minimum Gasteiger partial charge on any atom is -0.449 e. The molecular weight excluding hydrogens is 236 g/mol. The van der Waals surface area contributed by atoms with E-state index in [9.17, 15) is 14.4 Å². The van der Waals surface area contributed by atoms with E-state index in [0.29, 0.717) is 16.8 Å². The molecule has 1 heterocycles. The minimum atomic E-state index is -0.884. The Hall–Kier alpha value is -2.11. The van der Waals surface area contributed by atoms with Crippen LogP contribution in [-0.2, 0) is 14.3 Å². The number of rotatable bonds is 4. The van der Waals surface area contributed by atoms with Crippen molar-refractivity contribution in [1.29, 1.82) is 0 Å². The number of nitrogens with zero attached hydrogens (tertiary/aromatic N) is 1. The van der Waals surface area contributed by atoms with E-state index >= 15 is 0 Å². The molecule has 18 heavy (non-hydrogen) atoms. The standard InChI is InChI=1S/C12H14N2O4/c1-7-6-9(15)8(2-5-18-12(13)17)10(11(7)16)14-3-4-14/h6H,2-5H2,1H3,(H2,13,17). The molecule has 0 aromatic carbocycles. The molecule has 2 rings (SSSR count). The number of allylic oxidation sites excluding steroid dienone is 2. The van der Waals surface area contributed by atoms with Gasteiger partial charge in [-0.25, -0.2) is 4.79 Å². The first-order valence-electron chi connectivity index (χ1n) is 5.68. The van der Waals surface area contributed by atoms with Crippen molar-refractivity contribution in [2.45, 2.75) is 13.3 Å². The maximum Gasteiger partial charge on any atom is 0.404 e. The van der Waals surface area contributed by atoms with Crippen molar-refractivity contribution >= 4 is 17.7 Å². The third kappa shape index (κ3) is 2.42. The molecule has 1 aliphatic heterocycles. The van der Waals surface area contributed by atoms with Crippen LogP contribution in [0.15, 0.2) is 22.9 Å².